The quantitative estimate of drug-likeness (QED) is 0.692. The minimum absolute atomic E-state index is 0.230. The fourth-order valence-corrected chi connectivity index (χ4v) is 0.428. The first kappa shape index (κ1) is 9.82. The molecule has 0 aliphatic rings. The second-order valence-corrected chi connectivity index (χ2v) is 4.69. The van der Waals surface area contributed by atoms with Gasteiger partial charge in [-0.15, -0.1) is 0 Å². The molecule has 0 saturated carbocycles. The molecule has 10 heavy (non-hydrogen) atoms. The van der Waals surface area contributed by atoms with Gasteiger partial charge in [-0.2, -0.15) is 0 Å². The predicted molar refractivity (Wildman–Crippen MR) is 45.6 cm³/mol. The van der Waals surface area contributed by atoms with E-state index in [1.807, 2.05) is 6.07 Å². The molecule has 0 aliphatic heterocycles. The molecule has 0 heterocycles. The molecule has 0 aromatic heterocycles. The molecular formula is C8H12OSn. The third-order valence-electron chi connectivity index (χ3n) is 0.756. The van der Waals surface area contributed by atoms with E-state index in [0.717, 1.165) is 0 Å². The van der Waals surface area contributed by atoms with E-state index in [1.165, 1.54) is 0 Å². The first-order valence-electron chi connectivity index (χ1n) is 3.13. The van der Waals surface area contributed by atoms with Gasteiger partial charge in [-0.25, -0.2) is 0 Å². The standard InChI is InChI=1S/C6H6O.2CH3.Sn/c7-6-4-2-1-3-5-6;;;/h1-5,7H;2*1H3;. The molecule has 1 nitrogen and oxygen atoms in total. The number of hydrogen-bond donors (Lipinski definition) is 1. The van der Waals surface area contributed by atoms with Gasteiger partial charge in [0.2, 0.25) is 0 Å². The Labute approximate surface area is 72.3 Å². The van der Waals surface area contributed by atoms with Crippen LogP contribution in [0, 0.1) is 0 Å². The van der Waals surface area contributed by atoms with E-state index in [9.17, 15) is 0 Å². The normalized spacial score (nSPS) is 7.80. The Kier molecular flexibility index (Phi) is 6.81. The number of phenols is 1. The minimum atomic E-state index is 0.230. The third kappa shape index (κ3) is 5.95. The van der Waals surface area contributed by atoms with Gasteiger partial charge in [0.1, 0.15) is 5.75 Å². The van der Waals surface area contributed by atoms with Crippen molar-refractivity contribution in [2.45, 2.75) is 9.88 Å². The van der Waals surface area contributed by atoms with Crippen LogP contribution in [0.15, 0.2) is 30.3 Å². The van der Waals surface area contributed by atoms with Crippen LogP contribution < -0.4 is 0 Å². The summed E-state index contributed by atoms with van der Waals surface area (Å²) in [5, 5.41) is 8.63. The van der Waals surface area contributed by atoms with Gasteiger partial charge < -0.3 is 5.11 Å². The Balaban J connectivity index is 0.000000236. The van der Waals surface area contributed by atoms with Crippen LogP contribution in [0.4, 0.5) is 0 Å². The second-order valence-electron chi connectivity index (χ2n) is 1.84. The summed E-state index contributed by atoms with van der Waals surface area (Å²) >= 11 is 0.230. The Morgan fingerprint density at radius 2 is 1.50 bits per heavy atom. The summed E-state index contributed by atoms with van der Waals surface area (Å²) in [5.74, 6) is 0.322. The summed E-state index contributed by atoms with van der Waals surface area (Å²) in [4.78, 5) is 4.59. The summed E-state index contributed by atoms with van der Waals surface area (Å²) in [6, 6.07) is 8.71. The first-order chi connectivity index (χ1) is 4.81. The fraction of sp³-hybridized carbons (Fsp3) is 0.250. The molecule has 0 atom stereocenters. The Hall–Kier alpha value is -0.181. The number of rotatable bonds is 0. The van der Waals surface area contributed by atoms with E-state index in [0.29, 0.717) is 5.75 Å². The maximum absolute atomic E-state index is 8.63. The number of aromatic hydroxyl groups is 1. The SMILES string of the molecule is Oc1ccccc1.[CH3][Sn][CH3]. The zero-order chi connectivity index (χ0) is 7.82. The molecule has 0 spiro atoms. The van der Waals surface area contributed by atoms with Crippen LogP contribution in [-0.2, 0) is 0 Å². The molecule has 1 aromatic rings. The number of phenolic OH excluding ortho intramolecular Hbond substituents is 1. The van der Waals surface area contributed by atoms with Gasteiger partial charge in [0.15, 0.2) is 0 Å². The van der Waals surface area contributed by atoms with Crippen molar-refractivity contribution >= 4 is 21.1 Å². The molecule has 0 amide bonds. The van der Waals surface area contributed by atoms with Crippen molar-refractivity contribution in [3.8, 4) is 5.75 Å². The Morgan fingerprint density at radius 1 is 1.10 bits per heavy atom. The van der Waals surface area contributed by atoms with E-state index in [2.05, 4.69) is 9.88 Å². The summed E-state index contributed by atoms with van der Waals surface area (Å²) in [7, 11) is 0. The molecule has 54 valence electrons. The zero-order valence-corrected chi connectivity index (χ0v) is 9.19. The van der Waals surface area contributed by atoms with Crippen molar-refractivity contribution in [1.29, 1.82) is 0 Å². The van der Waals surface area contributed by atoms with Crippen molar-refractivity contribution < 1.29 is 5.11 Å². The van der Waals surface area contributed by atoms with E-state index < -0.39 is 0 Å². The molecular weight excluding hydrogens is 231 g/mol. The van der Waals surface area contributed by atoms with Gasteiger partial charge in [0, 0.05) is 0 Å². The molecule has 1 N–H and O–H groups in total. The molecule has 1 aromatic carbocycles. The number of hydrogen-bond acceptors (Lipinski definition) is 1. The molecule has 1 rings (SSSR count). The van der Waals surface area contributed by atoms with Crippen molar-refractivity contribution in [1.82, 2.24) is 0 Å². The van der Waals surface area contributed by atoms with E-state index in [-0.39, 0.29) is 21.1 Å². The summed E-state index contributed by atoms with van der Waals surface area (Å²) in [6.45, 7) is 0. The Bertz CT molecular complexity index is 151. The summed E-state index contributed by atoms with van der Waals surface area (Å²) in [6.07, 6.45) is 0. The molecule has 0 unspecified atom stereocenters. The van der Waals surface area contributed by atoms with Crippen LogP contribution >= 0.6 is 0 Å². The molecule has 0 aliphatic carbocycles. The number of para-hydroxylation sites is 1. The maximum atomic E-state index is 8.63. The molecule has 0 bridgehead atoms. The van der Waals surface area contributed by atoms with E-state index >= 15 is 0 Å². The topological polar surface area (TPSA) is 20.2 Å². The molecule has 0 saturated heterocycles. The van der Waals surface area contributed by atoms with Gasteiger partial charge in [0.05, 0.1) is 0 Å². The average Bonchev–Trinajstić information content (AvgIpc) is 1.91. The monoisotopic (exact) mass is 244 g/mol. The number of benzene rings is 1. The second kappa shape index (κ2) is 6.93. The van der Waals surface area contributed by atoms with Crippen LogP contribution in [0.25, 0.3) is 0 Å². The predicted octanol–water partition coefficient (Wildman–Crippen LogP) is 2.18. The van der Waals surface area contributed by atoms with Crippen molar-refractivity contribution in [3.63, 3.8) is 0 Å². The zero-order valence-electron chi connectivity index (χ0n) is 6.33. The Morgan fingerprint density at radius 3 is 1.70 bits per heavy atom. The van der Waals surface area contributed by atoms with Gasteiger partial charge in [-0.3, -0.25) is 0 Å². The van der Waals surface area contributed by atoms with Gasteiger partial charge in [-0.1, -0.05) is 18.2 Å². The van der Waals surface area contributed by atoms with Crippen molar-refractivity contribution in [2.24, 2.45) is 0 Å². The molecule has 0 fully saturated rings. The van der Waals surface area contributed by atoms with Crippen LogP contribution in [0.1, 0.15) is 0 Å². The van der Waals surface area contributed by atoms with Crippen LogP contribution in [0.3, 0.4) is 0 Å². The van der Waals surface area contributed by atoms with Gasteiger partial charge >= 0.3 is 31.0 Å². The first-order valence-corrected chi connectivity index (χ1v) is 8.84. The fourth-order valence-electron chi connectivity index (χ4n) is 0.428. The third-order valence-corrected chi connectivity index (χ3v) is 0.756. The van der Waals surface area contributed by atoms with Crippen molar-refractivity contribution in [3.05, 3.63) is 30.3 Å². The molecule has 2 heteroatoms. The van der Waals surface area contributed by atoms with Crippen LogP contribution in [0.5, 0.6) is 5.75 Å². The van der Waals surface area contributed by atoms with Gasteiger partial charge in [-0.05, 0) is 12.1 Å². The van der Waals surface area contributed by atoms with E-state index in [4.69, 9.17) is 5.11 Å². The summed E-state index contributed by atoms with van der Waals surface area (Å²) in [5.41, 5.74) is 0. The average molecular weight is 243 g/mol. The van der Waals surface area contributed by atoms with E-state index in [1.54, 1.807) is 24.3 Å². The molecule has 2 radical (unpaired) electrons. The van der Waals surface area contributed by atoms with Gasteiger partial charge in [0.25, 0.3) is 0 Å². The van der Waals surface area contributed by atoms with Crippen molar-refractivity contribution in [2.75, 3.05) is 0 Å². The van der Waals surface area contributed by atoms with Crippen LogP contribution in [0.2, 0.25) is 9.88 Å². The van der Waals surface area contributed by atoms with Crippen LogP contribution in [-0.4, -0.2) is 26.2 Å². The summed E-state index contributed by atoms with van der Waals surface area (Å²) < 4.78 is 0.